The second-order valence-electron chi connectivity index (χ2n) is 6.56. The van der Waals surface area contributed by atoms with Crippen LogP contribution in [0.2, 0.25) is 0 Å². The van der Waals surface area contributed by atoms with Gasteiger partial charge in [-0.3, -0.25) is 10.1 Å². The maximum absolute atomic E-state index is 12.7. The minimum Gasteiger partial charge on any atom is -0.393 e. The van der Waals surface area contributed by atoms with Crippen LogP contribution in [-0.4, -0.2) is 45.2 Å². The van der Waals surface area contributed by atoms with Crippen molar-refractivity contribution in [2.75, 3.05) is 28.6 Å². The number of nitrogens with zero attached hydrogens (tertiary/aromatic N) is 3. The van der Waals surface area contributed by atoms with Crippen LogP contribution in [0.5, 0.6) is 0 Å². The van der Waals surface area contributed by atoms with E-state index in [-0.39, 0.29) is 23.4 Å². The molecule has 29 heavy (non-hydrogen) atoms. The van der Waals surface area contributed by atoms with E-state index in [1.165, 1.54) is 17.5 Å². The number of carbonyl (C=O) groups is 1. The first kappa shape index (κ1) is 19.0. The molecule has 5 N–H and O–H groups in total. The Hall–Kier alpha value is -3.31. The van der Waals surface area contributed by atoms with Gasteiger partial charge in [-0.2, -0.15) is 9.78 Å². The van der Waals surface area contributed by atoms with E-state index in [9.17, 15) is 14.7 Å². The quantitative estimate of drug-likeness (QED) is 0.489. The third-order valence-electron chi connectivity index (χ3n) is 4.49. The van der Waals surface area contributed by atoms with Crippen LogP contribution < -0.4 is 26.2 Å². The van der Waals surface area contributed by atoms with E-state index in [1.807, 2.05) is 0 Å². The highest BCUT2D eigenvalue weighted by molar-refractivity contribution is 7.14. The van der Waals surface area contributed by atoms with Gasteiger partial charge in [0.05, 0.1) is 18.0 Å². The lowest BCUT2D eigenvalue weighted by Gasteiger charge is -2.31. The zero-order valence-electron chi connectivity index (χ0n) is 15.4. The van der Waals surface area contributed by atoms with Crippen molar-refractivity contribution in [1.29, 1.82) is 0 Å². The minimum absolute atomic E-state index is 0.256. The summed E-state index contributed by atoms with van der Waals surface area (Å²) in [6, 6.07) is 5.21. The largest absolute Gasteiger partial charge is 0.495 e. The molecule has 0 saturated carbocycles. The molecule has 150 valence electrons. The Kier molecular flexibility index (Phi) is 5.49. The number of aliphatic hydroxyl groups is 1. The molecule has 11 heteroatoms. The predicted molar refractivity (Wildman–Crippen MR) is 109 cm³/mol. The van der Waals surface area contributed by atoms with Crippen molar-refractivity contribution in [3.8, 4) is 0 Å². The van der Waals surface area contributed by atoms with Crippen molar-refractivity contribution >= 4 is 39.7 Å². The highest BCUT2D eigenvalue weighted by Crippen LogP contribution is 2.27. The molecule has 1 fully saturated rings. The number of H-pyrrole nitrogens is 2. The number of carbonyl (C=O) groups excluding carboxylic acids is 1. The molecule has 1 amide bonds. The van der Waals surface area contributed by atoms with E-state index >= 15 is 0 Å². The first-order valence-corrected chi connectivity index (χ1v) is 9.99. The molecule has 0 unspecified atom stereocenters. The van der Waals surface area contributed by atoms with Gasteiger partial charge in [0.1, 0.15) is 5.69 Å². The number of pyridine rings is 1. The topological polar surface area (TPSA) is 137 Å². The first-order valence-electron chi connectivity index (χ1n) is 9.11. The lowest BCUT2D eigenvalue weighted by atomic mass is 10.1. The molecule has 0 aliphatic carbocycles. The fourth-order valence-electron chi connectivity index (χ4n) is 3.03. The maximum atomic E-state index is 12.7. The monoisotopic (exact) mass is 414 g/mol. The molecule has 1 saturated heterocycles. The lowest BCUT2D eigenvalue weighted by Crippen LogP contribution is -2.36. The fourth-order valence-corrected chi connectivity index (χ4v) is 3.74. The highest BCUT2D eigenvalue weighted by Gasteiger charge is 2.21. The number of piperidine rings is 1. The summed E-state index contributed by atoms with van der Waals surface area (Å²) in [4.78, 5) is 39.8. The van der Waals surface area contributed by atoms with Crippen molar-refractivity contribution in [3.63, 3.8) is 0 Å². The average molecular weight is 414 g/mol. The summed E-state index contributed by atoms with van der Waals surface area (Å²) in [5.41, 5.74) is 0.504. The van der Waals surface area contributed by atoms with E-state index in [0.717, 1.165) is 0 Å². The smallest absolute Gasteiger partial charge is 0.393 e. The Morgan fingerprint density at radius 3 is 2.97 bits per heavy atom. The van der Waals surface area contributed by atoms with Crippen LogP contribution in [0.4, 0.5) is 22.5 Å². The second-order valence-corrected chi connectivity index (χ2v) is 7.41. The van der Waals surface area contributed by atoms with Crippen molar-refractivity contribution in [2.24, 2.45) is 0 Å². The van der Waals surface area contributed by atoms with Crippen LogP contribution in [0, 0.1) is 0 Å². The molecule has 0 aromatic carbocycles. The molecule has 10 nitrogen and oxygen atoms in total. The number of aromatic nitrogens is 4. The summed E-state index contributed by atoms with van der Waals surface area (Å²) in [6.07, 6.45) is 4.24. The van der Waals surface area contributed by atoms with Crippen molar-refractivity contribution in [3.05, 3.63) is 52.2 Å². The third-order valence-corrected chi connectivity index (χ3v) is 5.25. The highest BCUT2D eigenvalue weighted by atomic mass is 32.1. The van der Waals surface area contributed by atoms with E-state index in [1.54, 1.807) is 29.8 Å². The van der Waals surface area contributed by atoms with Gasteiger partial charge in [-0.15, -0.1) is 11.3 Å². The first-order chi connectivity index (χ1) is 14.1. The standard InChI is InChI=1S/C18H19N7O3S/c26-11-4-8-25(9-5-11)15-12(2-1-6-19-15)21-16(27)13-10-29-18(22-13)24-14-3-7-20-17(28)23-14/h1-3,6-7,10-11,26H,4-5,8-9H2,(H,21,27)(H2,20,22,23,24,28)/p+1. The molecule has 4 rings (SSSR count). The fraction of sp³-hybridized carbons (Fsp3) is 0.278. The summed E-state index contributed by atoms with van der Waals surface area (Å²) in [5, 5.41) is 17.7. The van der Waals surface area contributed by atoms with Crippen molar-refractivity contribution in [1.82, 2.24) is 15.0 Å². The number of hydrogen-bond acceptors (Lipinski definition) is 8. The Bertz CT molecular complexity index is 1060. The van der Waals surface area contributed by atoms with Gasteiger partial charge in [0.25, 0.3) is 5.91 Å². The molecule has 0 atom stereocenters. The summed E-state index contributed by atoms with van der Waals surface area (Å²) in [6.45, 7) is 1.36. The van der Waals surface area contributed by atoms with Gasteiger partial charge in [0, 0.05) is 30.7 Å². The van der Waals surface area contributed by atoms with Gasteiger partial charge < -0.3 is 15.3 Å². The van der Waals surface area contributed by atoms with Crippen LogP contribution in [0.25, 0.3) is 0 Å². The average Bonchev–Trinajstić information content (AvgIpc) is 3.18. The number of aliphatic hydroxyl groups excluding tert-OH is 1. The number of amides is 1. The van der Waals surface area contributed by atoms with E-state index in [2.05, 4.69) is 35.5 Å². The number of thiazole rings is 1. The molecule has 3 aromatic rings. The summed E-state index contributed by atoms with van der Waals surface area (Å²) >= 11 is 1.25. The number of aromatic amines is 2. The molecule has 0 bridgehead atoms. The maximum Gasteiger partial charge on any atom is 0.495 e. The Morgan fingerprint density at radius 1 is 1.34 bits per heavy atom. The van der Waals surface area contributed by atoms with Gasteiger partial charge >= 0.3 is 5.69 Å². The van der Waals surface area contributed by atoms with Crippen molar-refractivity contribution < 1.29 is 14.9 Å². The van der Waals surface area contributed by atoms with Crippen LogP contribution in [0.1, 0.15) is 23.3 Å². The van der Waals surface area contributed by atoms with Gasteiger partial charge in [0.2, 0.25) is 5.82 Å². The number of nitrogens with one attached hydrogen (secondary N) is 4. The molecule has 0 spiro atoms. The van der Waals surface area contributed by atoms with Crippen LogP contribution in [0.3, 0.4) is 0 Å². The van der Waals surface area contributed by atoms with E-state index in [4.69, 9.17) is 0 Å². The molecule has 1 aliphatic heterocycles. The van der Waals surface area contributed by atoms with Gasteiger partial charge in [-0.25, -0.2) is 15.0 Å². The van der Waals surface area contributed by atoms with Crippen LogP contribution in [-0.2, 0) is 0 Å². The molecular weight excluding hydrogens is 394 g/mol. The van der Waals surface area contributed by atoms with Crippen LogP contribution >= 0.6 is 11.3 Å². The zero-order valence-corrected chi connectivity index (χ0v) is 16.2. The van der Waals surface area contributed by atoms with Gasteiger partial charge in [-0.1, -0.05) is 0 Å². The van der Waals surface area contributed by atoms with Crippen LogP contribution in [0.15, 0.2) is 40.8 Å². The SMILES string of the molecule is O=C(Nc1cccnc1N1CCC(O)CC1)c1csc(Nc2cc[nH+]c(=O)[nH]2)n1. The summed E-state index contributed by atoms with van der Waals surface area (Å²) in [5.74, 6) is 0.798. The number of hydrogen-bond donors (Lipinski definition) is 4. The zero-order chi connectivity index (χ0) is 20.2. The van der Waals surface area contributed by atoms with Crippen molar-refractivity contribution in [2.45, 2.75) is 18.9 Å². The molecule has 4 heterocycles. The Morgan fingerprint density at radius 2 is 2.17 bits per heavy atom. The second kappa shape index (κ2) is 8.37. The molecule has 1 aliphatic rings. The number of anilines is 4. The Labute approximate surface area is 169 Å². The summed E-state index contributed by atoms with van der Waals surface area (Å²) < 4.78 is 0. The predicted octanol–water partition coefficient (Wildman–Crippen LogP) is 0.997. The molecule has 0 radical (unpaired) electrons. The normalized spacial score (nSPS) is 14.6. The van der Waals surface area contributed by atoms with Gasteiger partial charge in [0.15, 0.2) is 10.9 Å². The van der Waals surface area contributed by atoms with E-state index in [0.29, 0.717) is 48.4 Å². The third kappa shape index (κ3) is 4.58. The molecule has 3 aromatic heterocycles. The van der Waals surface area contributed by atoms with Gasteiger partial charge in [-0.05, 0) is 25.0 Å². The van der Waals surface area contributed by atoms with E-state index < -0.39 is 0 Å². The number of rotatable bonds is 5. The molecular formula is C18H20N7O3S+. The Balaban J connectivity index is 1.46. The lowest BCUT2D eigenvalue weighted by molar-refractivity contribution is -0.402. The summed E-state index contributed by atoms with van der Waals surface area (Å²) in [7, 11) is 0. The minimum atomic E-state index is -0.351.